The number of aromatic amines is 1. The van der Waals surface area contributed by atoms with E-state index in [1.54, 1.807) is 6.20 Å². The van der Waals surface area contributed by atoms with Gasteiger partial charge in [0.15, 0.2) is 0 Å². The lowest BCUT2D eigenvalue weighted by atomic mass is 10.1. The minimum absolute atomic E-state index is 0.153. The van der Waals surface area contributed by atoms with Crippen molar-refractivity contribution in [1.29, 1.82) is 0 Å². The molecular formula is C20H17N3O. The molecule has 0 unspecified atom stereocenters. The summed E-state index contributed by atoms with van der Waals surface area (Å²) >= 11 is 0. The molecule has 24 heavy (non-hydrogen) atoms. The highest BCUT2D eigenvalue weighted by Crippen LogP contribution is 2.25. The number of carbonyl (C=O) groups excluding carboxylic acids is 1. The first-order valence-electron chi connectivity index (χ1n) is 7.87. The van der Waals surface area contributed by atoms with Gasteiger partial charge < -0.3 is 10.3 Å². The van der Waals surface area contributed by atoms with Gasteiger partial charge in [0.2, 0.25) is 0 Å². The van der Waals surface area contributed by atoms with Crippen molar-refractivity contribution in [1.82, 2.24) is 9.97 Å². The molecule has 4 rings (SSSR count). The Morgan fingerprint density at radius 3 is 2.79 bits per heavy atom. The van der Waals surface area contributed by atoms with Crippen LogP contribution in [-0.4, -0.2) is 15.9 Å². The van der Waals surface area contributed by atoms with Crippen molar-refractivity contribution in [2.24, 2.45) is 0 Å². The number of para-hydroxylation sites is 1. The van der Waals surface area contributed by atoms with Crippen LogP contribution in [0.5, 0.6) is 0 Å². The highest BCUT2D eigenvalue weighted by atomic mass is 16.1. The predicted molar refractivity (Wildman–Crippen MR) is 97.5 cm³/mol. The van der Waals surface area contributed by atoms with Crippen molar-refractivity contribution in [3.8, 4) is 0 Å². The summed E-state index contributed by atoms with van der Waals surface area (Å²) < 4.78 is 0. The van der Waals surface area contributed by atoms with Crippen LogP contribution in [0.25, 0.3) is 21.8 Å². The van der Waals surface area contributed by atoms with E-state index in [1.165, 1.54) is 5.56 Å². The fourth-order valence-electron chi connectivity index (χ4n) is 3.06. The Balaban J connectivity index is 1.75. The first kappa shape index (κ1) is 14.5. The van der Waals surface area contributed by atoms with Crippen LogP contribution in [0.3, 0.4) is 0 Å². The first-order valence-corrected chi connectivity index (χ1v) is 7.87. The molecule has 2 heterocycles. The first-order chi connectivity index (χ1) is 11.6. The summed E-state index contributed by atoms with van der Waals surface area (Å²) in [6.45, 7) is 4.02. The maximum atomic E-state index is 12.8. The van der Waals surface area contributed by atoms with Gasteiger partial charge in [-0.05, 0) is 43.7 Å². The van der Waals surface area contributed by atoms with Gasteiger partial charge in [-0.25, -0.2) is 0 Å². The number of aryl methyl sites for hydroxylation is 2. The number of nitrogens with one attached hydrogen (secondary N) is 2. The highest BCUT2D eigenvalue weighted by Gasteiger charge is 2.16. The second-order valence-corrected chi connectivity index (χ2v) is 6.01. The Kier molecular flexibility index (Phi) is 3.31. The van der Waals surface area contributed by atoms with E-state index in [0.29, 0.717) is 11.4 Å². The monoisotopic (exact) mass is 315 g/mol. The zero-order valence-electron chi connectivity index (χ0n) is 13.6. The standard InChI is InChI=1S/C20H17N3O/c1-12-8-9-16-15(11-12)13(2)18(22-16)20(24)23-17-7-3-5-14-6-4-10-21-19(14)17/h3-11,22H,1-2H3,(H,23,24). The van der Waals surface area contributed by atoms with Crippen molar-refractivity contribution in [2.75, 3.05) is 5.32 Å². The molecule has 0 atom stereocenters. The number of H-pyrrole nitrogens is 1. The van der Waals surface area contributed by atoms with E-state index in [2.05, 4.69) is 21.4 Å². The number of rotatable bonds is 2. The number of pyridine rings is 1. The maximum absolute atomic E-state index is 12.8. The van der Waals surface area contributed by atoms with Crippen LogP contribution < -0.4 is 5.32 Å². The topological polar surface area (TPSA) is 57.8 Å². The van der Waals surface area contributed by atoms with E-state index in [9.17, 15) is 4.79 Å². The van der Waals surface area contributed by atoms with Gasteiger partial charge in [0, 0.05) is 22.5 Å². The zero-order valence-corrected chi connectivity index (χ0v) is 13.6. The molecule has 2 aromatic carbocycles. The molecule has 4 heteroatoms. The summed E-state index contributed by atoms with van der Waals surface area (Å²) in [5.41, 5.74) is 5.20. The number of amides is 1. The van der Waals surface area contributed by atoms with Crippen LogP contribution >= 0.6 is 0 Å². The van der Waals surface area contributed by atoms with Gasteiger partial charge in [-0.3, -0.25) is 9.78 Å². The third-order valence-corrected chi connectivity index (χ3v) is 4.32. The quantitative estimate of drug-likeness (QED) is 0.568. The summed E-state index contributed by atoms with van der Waals surface area (Å²) in [5, 5.41) is 5.06. The fraction of sp³-hybridized carbons (Fsp3) is 0.100. The number of anilines is 1. The average Bonchev–Trinajstić information content (AvgIpc) is 2.92. The molecular weight excluding hydrogens is 298 g/mol. The van der Waals surface area contributed by atoms with Crippen LogP contribution in [0.2, 0.25) is 0 Å². The SMILES string of the molecule is Cc1ccc2[nH]c(C(=O)Nc3cccc4cccnc34)c(C)c2c1. The summed E-state index contributed by atoms with van der Waals surface area (Å²) in [4.78, 5) is 20.4. The molecule has 0 aliphatic heterocycles. The molecule has 4 nitrogen and oxygen atoms in total. The third-order valence-electron chi connectivity index (χ3n) is 4.32. The van der Waals surface area contributed by atoms with Crippen LogP contribution in [0.15, 0.2) is 54.7 Å². The summed E-state index contributed by atoms with van der Waals surface area (Å²) in [5.74, 6) is -0.153. The van der Waals surface area contributed by atoms with Crippen molar-refractivity contribution in [3.63, 3.8) is 0 Å². The van der Waals surface area contributed by atoms with Gasteiger partial charge in [0.1, 0.15) is 5.69 Å². The van der Waals surface area contributed by atoms with Gasteiger partial charge in [-0.15, -0.1) is 0 Å². The van der Waals surface area contributed by atoms with E-state index >= 15 is 0 Å². The molecule has 0 bridgehead atoms. The Hall–Kier alpha value is -3.14. The van der Waals surface area contributed by atoms with Gasteiger partial charge >= 0.3 is 0 Å². The average molecular weight is 315 g/mol. The summed E-state index contributed by atoms with van der Waals surface area (Å²) in [7, 11) is 0. The molecule has 0 aliphatic carbocycles. The van der Waals surface area contributed by atoms with E-state index in [0.717, 1.165) is 27.4 Å². The van der Waals surface area contributed by atoms with Crippen LogP contribution in [0.4, 0.5) is 5.69 Å². The Morgan fingerprint density at radius 1 is 1.08 bits per heavy atom. The minimum Gasteiger partial charge on any atom is -0.350 e. The molecule has 1 amide bonds. The molecule has 0 saturated heterocycles. The minimum atomic E-state index is -0.153. The molecule has 0 saturated carbocycles. The fourth-order valence-corrected chi connectivity index (χ4v) is 3.06. The van der Waals surface area contributed by atoms with Gasteiger partial charge in [-0.2, -0.15) is 0 Å². The van der Waals surface area contributed by atoms with Gasteiger partial charge in [0.25, 0.3) is 5.91 Å². The van der Waals surface area contributed by atoms with E-state index < -0.39 is 0 Å². The lowest BCUT2D eigenvalue weighted by Crippen LogP contribution is -2.14. The van der Waals surface area contributed by atoms with Gasteiger partial charge in [-0.1, -0.05) is 29.8 Å². The Labute approximate surface area is 139 Å². The van der Waals surface area contributed by atoms with Crippen LogP contribution in [0.1, 0.15) is 21.6 Å². The molecule has 4 aromatic rings. The van der Waals surface area contributed by atoms with Gasteiger partial charge in [0.05, 0.1) is 11.2 Å². The number of aromatic nitrogens is 2. The lowest BCUT2D eigenvalue weighted by Gasteiger charge is -2.07. The maximum Gasteiger partial charge on any atom is 0.272 e. The second-order valence-electron chi connectivity index (χ2n) is 6.01. The molecule has 2 aromatic heterocycles. The number of carbonyl (C=O) groups is 1. The number of hydrogen-bond acceptors (Lipinski definition) is 2. The van der Waals surface area contributed by atoms with Crippen LogP contribution in [0, 0.1) is 13.8 Å². The normalized spacial score (nSPS) is 11.1. The highest BCUT2D eigenvalue weighted by molar-refractivity contribution is 6.10. The molecule has 0 spiro atoms. The summed E-state index contributed by atoms with van der Waals surface area (Å²) in [6.07, 6.45) is 1.73. The Bertz CT molecular complexity index is 1070. The predicted octanol–water partition coefficient (Wildman–Crippen LogP) is 4.59. The number of nitrogens with zero attached hydrogens (tertiary/aromatic N) is 1. The van der Waals surface area contributed by atoms with Crippen molar-refractivity contribution < 1.29 is 4.79 Å². The number of fused-ring (bicyclic) bond motifs is 2. The van der Waals surface area contributed by atoms with Crippen molar-refractivity contribution in [2.45, 2.75) is 13.8 Å². The molecule has 0 aliphatic rings. The van der Waals surface area contributed by atoms with E-state index in [4.69, 9.17) is 0 Å². The van der Waals surface area contributed by atoms with E-state index in [1.807, 2.05) is 56.3 Å². The Morgan fingerprint density at radius 2 is 1.92 bits per heavy atom. The number of benzene rings is 2. The second kappa shape index (κ2) is 5.49. The number of hydrogen-bond donors (Lipinski definition) is 2. The molecule has 2 N–H and O–H groups in total. The zero-order chi connectivity index (χ0) is 16.7. The largest absolute Gasteiger partial charge is 0.350 e. The lowest BCUT2D eigenvalue weighted by molar-refractivity contribution is 0.102. The molecule has 0 fully saturated rings. The van der Waals surface area contributed by atoms with E-state index in [-0.39, 0.29) is 5.91 Å². The molecule has 118 valence electrons. The summed E-state index contributed by atoms with van der Waals surface area (Å²) in [6, 6.07) is 15.8. The third kappa shape index (κ3) is 2.33. The smallest absolute Gasteiger partial charge is 0.272 e. The van der Waals surface area contributed by atoms with Crippen molar-refractivity contribution >= 4 is 33.4 Å². The van der Waals surface area contributed by atoms with Crippen LogP contribution in [-0.2, 0) is 0 Å². The molecule has 0 radical (unpaired) electrons. The van der Waals surface area contributed by atoms with Crippen molar-refractivity contribution in [3.05, 3.63) is 71.5 Å².